The number of halogens is 3. The summed E-state index contributed by atoms with van der Waals surface area (Å²) in [6.07, 6.45) is 1.34. The monoisotopic (exact) mass is 307 g/mol. The number of allylic oxidation sites excluding steroid dienone is 2. The van der Waals surface area contributed by atoms with Gasteiger partial charge in [0.05, 0.1) is 5.69 Å². The van der Waals surface area contributed by atoms with Crippen molar-refractivity contribution in [2.45, 2.75) is 6.92 Å². The van der Waals surface area contributed by atoms with Gasteiger partial charge in [-0.3, -0.25) is 4.79 Å². The minimum atomic E-state index is -0.721. The van der Waals surface area contributed by atoms with E-state index < -0.39 is 11.6 Å². The molecule has 0 spiro atoms. The predicted octanol–water partition coefficient (Wildman–Crippen LogP) is 4.82. The molecule has 0 unspecified atom stereocenters. The molecule has 1 N–H and O–H groups in total. The normalized spacial score (nSPS) is 11.3. The van der Waals surface area contributed by atoms with Gasteiger partial charge in [-0.05, 0) is 43.3 Å². The largest absolute Gasteiger partial charge is 0.357 e. The van der Waals surface area contributed by atoms with Gasteiger partial charge in [0, 0.05) is 28.4 Å². The van der Waals surface area contributed by atoms with E-state index in [4.69, 9.17) is 11.6 Å². The number of carbonyl (C=O) groups excluding carboxylic acids is 1. The second-order valence-corrected chi connectivity index (χ2v) is 4.88. The molecule has 0 aliphatic carbocycles. The minimum Gasteiger partial charge on any atom is -0.357 e. The molecule has 5 heteroatoms. The molecule has 0 saturated carbocycles. The van der Waals surface area contributed by atoms with Gasteiger partial charge >= 0.3 is 0 Å². The summed E-state index contributed by atoms with van der Waals surface area (Å²) in [5, 5.41) is 3.26. The summed E-state index contributed by atoms with van der Waals surface area (Å²) in [6.45, 7) is 1.62. The quantitative estimate of drug-likeness (QED) is 0.648. The van der Waals surface area contributed by atoms with Crippen molar-refractivity contribution in [2.24, 2.45) is 0 Å². The van der Waals surface area contributed by atoms with Crippen LogP contribution in [0.1, 0.15) is 17.3 Å². The van der Waals surface area contributed by atoms with Crippen molar-refractivity contribution in [3.63, 3.8) is 0 Å². The molecular formula is C16H12ClF2NO. The van der Waals surface area contributed by atoms with Crippen molar-refractivity contribution < 1.29 is 13.6 Å². The van der Waals surface area contributed by atoms with Crippen molar-refractivity contribution in [1.29, 1.82) is 0 Å². The van der Waals surface area contributed by atoms with Gasteiger partial charge in [-0.15, -0.1) is 0 Å². The summed E-state index contributed by atoms with van der Waals surface area (Å²) in [4.78, 5) is 12.0. The Balaban J connectivity index is 2.13. The lowest BCUT2D eigenvalue weighted by atomic mass is 10.1. The van der Waals surface area contributed by atoms with Crippen LogP contribution in [-0.2, 0) is 0 Å². The molecule has 2 aromatic carbocycles. The first-order valence-electron chi connectivity index (χ1n) is 6.16. The molecule has 0 fully saturated rings. The van der Waals surface area contributed by atoms with Crippen LogP contribution in [0.15, 0.2) is 54.2 Å². The number of rotatable bonds is 4. The standard InChI is InChI=1S/C16H12ClF2NO/c1-10(20-15-7-6-13(18)9-14(15)19)8-16(21)11-2-4-12(17)5-3-11/h2-9,20H,1H3/b10-8+. The highest BCUT2D eigenvalue weighted by Crippen LogP contribution is 2.17. The second kappa shape index (κ2) is 6.50. The van der Waals surface area contributed by atoms with Crippen molar-refractivity contribution in [3.05, 3.63) is 76.5 Å². The number of hydrogen-bond donors (Lipinski definition) is 1. The molecule has 0 bridgehead atoms. The SMILES string of the molecule is C/C(=C\C(=O)c1ccc(Cl)cc1)Nc1ccc(F)cc1F. The van der Waals surface area contributed by atoms with E-state index in [1.54, 1.807) is 31.2 Å². The van der Waals surface area contributed by atoms with Gasteiger partial charge in [0.25, 0.3) is 0 Å². The van der Waals surface area contributed by atoms with E-state index in [1.165, 1.54) is 12.1 Å². The van der Waals surface area contributed by atoms with Gasteiger partial charge in [-0.2, -0.15) is 0 Å². The number of anilines is 1. The zero-order chi connectivity index (χ0) is 15.4. The lowest BCUT2D eigenvalue weighted by Crippen LogP contribution is -2.03. The van der Waals surface area contributed by atoms with Crippen molar-refractivity contribution >= 4 is 23.1 Å². The number of carbonyl (C=O) groups is 1. The minimum absolute atomic E-state index is 0.106. The Hall–Kier alpha value is -2.20. The Morgan fingerprint density at radius 3 is 2.43 bits per heavy atom. The summed E-state index contributed by atoms with van der Waals surface area (Å²) >= 11 is 5.75. The highest BCUT2D eigenvalue weighted by molar-refractivity contribution is 6.30. The summed E-state index contributed by atoms with van der Waals surface area (Å²) in [5.41, 5.74) is 1.02. The average Bonchev–Trinajstić information content (AvgIpc) is 2.42. The molecule has 2 rings (SSSR count). The van der Waals surface area contributed by atoms with Crippen LogP contribution in [-0.4, -0.2) is 5.78 Å². The number of benzene rings is 2. The van der Waals surface area contributed by atoms with Gasteiger partial charge in [-0.25, -0.2) is 8.78 Å². The van der Waals surface area contributed by atoms with Crippen molar-refractivity contribution in [3.8, 4) is 0 Å². The molecule has 0 heterocycles. The Bertz CT molecular complexity index is 696. The molecule has 2 nitrogen and oxygen atoms in total. The molecule has 0 amide bonds. The smallest absolute Gasteiger partial charge is 0.187 e. The average molecular weight is 308 g/mol. The van der Waals surface area contributed by atoms with E-state index in [2.05, 4.69) is 5.32 Å². The molecular weight excluding hydrogens is 296 g/mol. The molecule has 0 saturated heterocycles. The van der Waals surface area contributed by atoms with E-state index in [0.717, 1.165) is 12.1 Å². The molecule has 0 radical (unpaired) electrons. The molecule has 0 aliphatic rings. The summed E-state index contributed by atoms with van der Waals surface area (Å²) in [5.74, 6) is -1.61. The Labute approximate surface area is 126 Å². The van der Waals surface area contributed by atoms with Crippen LogP contribution in [0, 0.1) is 11.6 Å². The van der Waals surface area contributed by atoms with E-state index in [0.29, 0.717) is 16.3 Å². The van der Waals surface area contributed by atoms with Crippen LogP contribution in [0.2, 0.25) is 5.02 Å². The third-order valence-corrected chi connectivity index (χ3v) is 2.99. The first-order chi connectivity index (χ1) is 9.95. The predicted molar refractivity (Wildman–Crippen MR) is 79.5 cm³/mol. The van der Waals surface area contributed by atoms with Crippen LogP contribution in [0.3, 0.4) is 0 Å². The molecule has 21 heavy (non-hydrogen) atoms. The molecule has 108 valence electrons. The van der Waals surface area contributed by atoms with Gasteiger partial charge in [-0.1, -0.05) is 11.6 Å². The van der Waals surface area contributed by atoms with Crippen molar-refractivity contribution in [1.82, 2.24) is 0 Å². The van der Waals surface area contributed by atoms with Gasteiger partial charge < -0.3 is 5.32 Å². The number of nitrogens with one attached hydrogen (secondary N) is 1. The van der Waals surface area contributed by atoms with Crippen LogP contribution in [0.5, 0.6) is 0 Å². The third-order valence-electron chi connectivity index (χ3n) is 2.74. The molecule has 0 aliphatic heterocycles. The second-order valence-electron chi connectivity index (χ2n) is 4.45. The number of ketones is 1. The molecule has 2 aromatic rings. The summed E-state index contributed by atoms with van der Waals surface area (Å²) in [6, 6.07) is 9.63. The maximum absolute atomic E-state index is 13.5. The lowest BCUT2D eigenvalue weighted by Gasteiger charge is -2.07. The van der Waals surface area contributed by atoms with Crippen LogP contribution >= 0.6 is 11.6 Å². The molecule has 0 atom stereocenters. The highest BCUT2D eigenvalue weighted by Gasteiger charge is 2.06. The van der Waals surface area contributed by atoms with Crippen molar-refractivity contribution in [2.75, 3.05) is 5.32 Å². The Morgan fingerprint density at radius 2 is 1.81 bits per heavy atom. The Morgan fingerprint density at radius 1 is 1.14 bits per heavy atom. The maximum atomic E-state index is 13.5. The highest BCUT2D eigenvalue weighted by atomic mass is 35.5. The fourth-order valence-corrected chi connectivity index (χ4v) is 1.86. The first-order valence-corrected chi connectivity index (χ1v) is 6.54. The third kappa shape index (κ3) is 4.13. The van der Waals surface area contributed by atoms with E-state index in [9.17, 15) is 13.6 Å². The fraction of sp³-hybridized carbons (Fsp3) is 0.0625. The fourth-order valence-electron chi connectivity index (χ4n) is 1.73. The molecule has 0 aromatic heterocycles. The topological polar surface area (TPSA) is 29.1 Å². The van der Waals surface area contributed by atoms with Gasteiger partial charge in [0.1, 0.15) is 11.6 Å². The van der Waals surface area contributed by atoms with Gasteiger partial charge in [0.15, 0.2) is 5.78 Å². The van der Waals surface area contributed by atoms with Gasteiger partial charge in [0.2, 0.25) is 0 Å². The number of hydrogen-bond acceptors (Lipinski definition) is 2. The summed E-state index contributed by atoms with van der Waals surface area (Å²) < 4.78 is 26.3. The lowest BCUT2D eigenvalue weighted by molar-refractivity contribution is 0.104. The van der Waals surface area contributed by atoms with Crippen LogP contribution < -0.4 is 5.32 Å². The van der Waals surface area contributed by atoms with E-state index in [-0.39, 0.29) is 11.5 Å². The van der Waals surface area contributed by atoms with E-state index >= 15 is 0 Å². The van der Waals surface area contributed by atoms with E-state index in [1.807, 2.05) is 0 Å². The Kier molecular flexibility index (Phi) is 4.70. The summed E-state index contributed by atoms with van der Waals surface area (Å²) in [7, 11) is 0. The zero-order valence-electron chi connectivity index (χ0n) is 11.2. The first kappa shape index (κ1) is 15.2. The maximum Gasteiger partial charge on any atom is 0.187 e. The van der Waals surface area contributed by atoms with Crippen LogP contribution in [0.4, 0.5) is 14.5 Å². The zero-order valence-corrected chi connectivity index (χ0v) is 11.9. The van der Waals surface area contributed by atoms with Crippen LogP contribution in [0.25, 0.3) is 0 Å².